The molecule has 1 unspecified atom stereocenters. The van der Waals surface area contributed by atoms with Crippen LogP contribution in [0.3, 0.4) is 0 Å². The number of rotatable bonds is 1. The highest BCUT2D eigenvalue weighted by Crippen LogP contribution is 2.42. The van der Waals surface area contributed by atoms with E-state index in [2.05, 4.69) is 15.9 Å². The summed E-state index contributed by atoms with van der Waals surface area (Å²) in [5.74, 6) is 0. The summed E-state index contributed by atoms with van der Waals surface area (Å²) in [6.45, 7) is 1.54. The van der Waals surface area contributed by atoms with Crippen molar-refractivity contribution in [1.82, 2.24) is 0 Å². The maximum Gasteiger partial charge on any atom is 0.0962 e. The Morgan fingerprint density at radius 2 is 2.18 bits per heavy atom. The molecule has 2 fully saturated rings. The molecule has 11 heavy (non-hydrogen) atoms. The monoisotopic (exact) mass is 220 g/mol. The minimum Gasteiger partial charge on any atom is -0.372 e. The lowest BCUT2D eigenvalue weighted by atomic mass is 9.76. The normalized spacial score (nSPS) is 35.2. The van der Waals surface area contributed by atoms with Crippen molar-refractivity contribution in [3.63, 3.8) is 0 Å². The predicted octanol–water partition coefficient (Wildman–Crippen LogP) is 1.72. The smallest absolute Gasteiger partial charge is 0.0962 e. The minimum atomic E-state index is 0.0990. The number of alkyl halides is 1. The second-order valence-corrected chi connectivity index (χ2v) is 3.93. The first-order valence-corrected chi connectivity index (χ1v) is 5.31. The molecule has 1 aliphatic heterocycles. The van der Waals surface area contributed by atoms with Gasteiger partial charge in [-0.2, -0.15) is 0 Å². The van der Waals surface area contributed by atoms with Crippen LogP contribution in [0.5, 0.6) is 0 Å². The molecule has 1 spiro atoms. The van der Waals surface area contributed by atoms with E-state index in [1.54, 1.807) is 0 Å². The Balaban J connectivity index is 2.02. The van der Waals surface area contributed by atoms with Crippen LogP contribution in [0.4, 0.5) is 0 Å². The Morgan fingerprint density at radius 3 is 2.64 bits per heavy atom. The Morgan fingerprint density at radius 1 is 1.36 bits per heavy atom. The van der Waals surface area contributed by atoms with Crippen molar-refractivity contribution in [2.75, 3.05) is 18.5 Å². The summed E-state index contributed by atoms with van der Waals surface area (Å²) in [6, 6.07) is 0. The van der Waals surface area contributed by atoms with Gasteiger partial charge in [-0.25, -0.2) is 0 Å². The molecule has 1 saturated heterocycles. The lowest BCUT2D eigenvalue weighted by molar-refractivity contribution is -0.226. The van der Waals surface area contributed by atoms with Gasteiger partial charge in [0.1, 0.15) is 0 Å². The van der Waals surface area contributed by atoms with E-state index in [9.17, 15) is 0 Å². The van der Waals surface area contributed by atoms with Crippen molar-refractivity contribution in [3.05, 3.63) is 0 Å². The van der Waals surface area contributed by atoms with Crippen molar-refractivity contribution < 1.29 is 9.47 Å². The third-order valence-corrected chi connectivity index (χ3v) is 3.31. The highest BCUT2D eigenvalue weighted by Gasteiger charge is 2.47. The molecule has 0 radical (unpaired) electrons. The average Bonchev–Trinajstić information content (AvgIpc) is 2.01. The quantitative estimate of drug-likeness (QED) is 0.627. The lowest BCUT2D eigenvalue weighted by Crippen LogP contribution is -2.56. The molecule has 1 heterocycles. The molecule has 2 rings (SSSR count). The van der Waals surface area contributed by atoms with Gasteiger partial charge in [0.2, 0.25) is 0 Å². The molecule has 0 N–H and O–H groups in total. The second-order valence-electron chi connectivity index (χ2n) is 3.28. The van der Waals surface area contributed by atoms with Gasteiger partial charge in [0.15, 0.2) is 0 Å². The van der Waals surface area contributed by atoms with E-state index in [0.29, 0.717) is 6.10 Å². The maximum atomic E-state index is 5.75. The number of ether oxygens (including phenoxy) is 2. The van der Waals surface area contributed by atoms with E-state index >= 15 is 0 Å². The van der Waals surface area contributed by atoms with Gasteiger partial charge in [0, 0.05) is 5.33 Å². The van der Waals surface area contributed by atoms with E-state index in [1.165, 1.54) is 19.3 Å². The molecule has 1 atom stereocenters. The number of hydrogen-bond donors (Lipinski definition) is 0. The fourth-order valence-electron chi connectivity index (χ4n) is 1.86. The summed E-state index contributed by atoms with van der Waals surface area (Å²) in [5.41, 5.74) is 0.0990. The van der Waals surface area contributed by atoms with Crippen LogP contribution in [0.1, 0.15) is 19.3 Å². The Kier molecular flexibility index (Phi) is 2.21. The molecule has 0 amide bonds. The molecule has 0 bridgehead atoms. The van der Waals surface area contributed by atoms with Crippen LogP contribution in [0, 0.1) is 0 Å². The van der Waals surface area contributed by atoms with Gasteiger partial charge in [0.25, 0.3) is 0 Å². The van der Waals surface area contributed by atoms with Gasteiger partial charge >= 0.3 is 0 Å². The summed E-state index contributed by atoms with van der Waals surface area (Å²) < 4.78 is 11.4. The molecule has 1 aliphatic carbocycles. The summed E-state index contributed by atoms with van der Waals surface area (Å²) in [7, 11) is 0. The van der Waals surface area contributed by atoms with Crippen LogP contribution in [0.2, 0.25) is 0 Å². The fraction of sp³-hybridized carbons (Fsp3) is 1.00. The minimum absolute atomic E-state index is 0.0990. The van der Waals surface area contributed by atoms with Crippen molar-refractivity contribution in [1.29, 1.82) is 0 Å². The SMILES string of the molecule is BrCC1OCCOC12CCC2. The van der Waals surface area contributed by atoms with E-state index in [1.807, 2.05) is 0 Å². The van der Waals surface area contributed by atoms with Crippen molar-refractivity contribution in [2.24, 2.45) is 0 Å². The van der Waals surface area contributed by atoms with E-state index in [4.69, 9.17) is 9.47 Å². The first-order valence-electron chi connectivity index (χ1n) is 4.19. The second kappa shape index (κ2) is 3.04. The van der Waals surface area contributed by atoms with Crippen LogP contribution in [0.15, 0.2) is 0 Å². The van der Waals surface area contributed by atoms with Gasteiger partial charge in [-0.15, -0.1) is 0 Å². The van der Waals surface area contributed by atoms with Gasteiger partial charge < -0.3 is 9.47 Å². The topological polar surface area (TPSA) is 18.5 Å². The summed E-state index contributed by atoms with van der Waals surface area (Å²) in [4.78, 5) is 0. The first-order chi connectivity index (χ1) is 5.37. The Labute approximate surface area is 75.4 Å². The molecular formula is C8H13BrO2. The Hall–Kier alpha value is 0.400. The third-order valence-electron chi connectivity index (χ3n) is 2.72. The molecule has 2 nitrogen and oxygen atoms in total. The van der Waals surface area contributed by atoms with Crippen molar-refractivity contribution in [2.45, 2.75) is 31.0 Å². The Bertz CT molecular complexity index is 145. The highest BCUT2D eigenvalue weighted by atomic mass is 79.9. The predicted molar refractivity (Wildman–Crippen MR) is 46.1 cm³/mol. The molecule has 1 saturated carbocycles. The highest BCUT2D eigenvalue weighted by molar-refractivity contribution is 9.09. The molecule has 0 aromatic heterocycles. The van der Waals surface area contributed by atoms with E-state index < -0.39 is 0 Å². The zero-order valence-electron chi connectivity index (χ0n) is 6.51. The average molecular weight is 221 g/mol. The zero-order valence-corrected chi connectivity index (χ0v) is 8.10. The maximum absolute atomic E-state index is 5.75. The largest absolute Gasteiger partial charge is 0.372 e. The number of hydrogen-bond acceptors (Lipinski definition) is 2. The lowest BCUT2D eigenvalue weighted by Gasteiger charge is -2.49. The van der Waals surface area contributed by atoms with Gasteiger partial charge in [-0.05, 0) is 19.3 Å². The van der Waals surface area contributed by atoms with Crippen LogP contribution in [-0.4, -0.2) is 30.2 Å². The molecule has 64 valence electrons. The zero-order chi connectivity index (χ0) is 7.73. The fourth-order valence-corrected chi connectivity index (χ4v) is 2.63. The van der Waals surface area contributed by atoms with Crippen LogP contribution in [-0.2, 0) is 9.47 Å². The van der Waals surface area contributed by atoms with Gasteiger partial charge in [-0.3, -0.25) is 0 Å². The molecule has 2 aliphatic rings. The van der Waals surface area contributed by atoms with E-state index in [0.717, 1.165) is 18.5 Å². The third kappa shape index (κ3) is 1.23. The van der Waals surface area contributed by atoms with Crippen molar-refractivity contribution in [3.8, 4) is 0 Å². The summed E-state index contributed by atoms with van der Waals surface area (Å²) >= 11 is 3.46. The van der Waals surface area contributed by atoms with Crippen LogP contribution < -0.4 is 0 Å². The van der Waals surface area contributed by atoms with Crippen molar-refractivity contribution >= 4 is 15.9 Å². The standard InChI is InChI=1S/C8H13BrO2/c9-6-7-8(2-1-3-8)11-5-4-10-7/h7H,1-6H2. The van der Waals surface area contributed by atoms with Gasteiger partial charge in [0.05, 0.1) is 24.9 Å². The molecule has 0 aromatic carbocycles. The summed E-state index contributed by atoms with van der Waals surface area (Å²) in [5, 5.41) is 0.910. The van der Waals surface area contributed by atoms with Crippen LogP contribution in [0.25, 0.3) is 0 Å². The first kappa shape index (κ1) is 8.02. The van der Waals surface area contributed by atoms with Gasteiger partial charge in [-0.1, -0.05) is 15.9 Å². The van der Waals surface area contributed by atoms with Crippen LogP contribution >= 0.6 is 15.9 Å². The molecular weight excluding hydrogens is 208 g/mol. The summed E-state index contributed by atoms with van der Waals surface area (Å²) in [6.07, 6.45) is 3.96. The number of halogens is 1. The molecule has 0 aromatic rings. The molecule has 3 heteroatoms. The van der Waals surface area contributed by atoms with E-state index in [-0.39, 0.29) is 5.60 Å².